The smallest absolute Gasteiger partial charge is 0.143 e. The number of oxime groups is 1. The van der Waals surface area contributed by atoms with E-state index >= 15 is 0 Å². The number of rotatable bonds is 1. The normalized spacial score (nSPS) is 28.4. The van der Waals surface area contributed by atoms with Crippen LogP contribution in [0.1, 0.15) is 12.8 Å². The Kier molecular flexibility index (Phi) is 2.50. The first-order valence-corrected chi connectivity index (χ1v) is 3.52. The fraction of sp³-hybridized carbons (Fsp3) is 0.833. The zero-order valence-corrected chi connectivity index (χ0v) is 5.88. The molecule has 4 heteroatoms. The SMILES string of the molecule is N/C(=N/O)[C@@H]1CCCNC1. The first-order valence-electron chi connectivity index (χ1n) is 3.52. The van der Waals surface area contributed by atoms with Crippen molar-refractivity contribution in [2.75, 3.05) is 13.1 Å². The molecule has 0 amide bonds. The monoisotopic (exact) mass is 143 g/mol. The van der Waals surface area contributed by atoms with Gasteiger partial charge in [0.05, 0.1) is 0 Å². The zero-order chi connectivity index (χ0) is 7.40. The summed E-state index contributed by atoms with van der Waals surface area (Å²) in [6, 6.07) is 0. The molecule has 1 saturated heterocycles. The molecule has 1 fully saturated rings. The van der Waals surface area contributed by atoms with Gasteiger partial charge in [0.2, 0.25) is 0 Å². The summed E-state index contributed by atoms with van der Waals surface area (Å²) in [4.78, 5) is 0. The van der Waals surface area contributed by atoms with Gasteiger partial charge in [-0.05, 0) is 19.4 Å². The lowest BCUT2D eigenvalue weighted by Crippen LogP contribution is -2.37. The molecule has 0 spiro atoms. The minimum absolute atomic E-state index is 0.235. The quantitative estimate of drug-likeness (QED) is 0.205. The van der Waals surface area contributed by atoms with Crippen LogP contribution >= 0.6 is 0 Å². The van der Waals surface area contributed by atoms with Gasteiger partial charge >= 0.3 is 0 Å². The number of nitrogens with zero attached hydrogens (tertiary/aromatic N) is 1. The van der Waals surface area contributed by atoms with Crippen molar-refractivity contribution in [3.05, 3.63) is 0 Å². The minimum atomic E-state index is 0.235. The van der Waals surface area contributed by atoms with Gasteiger partial charge in [-0.15, -0.1) is 0 Å². The Balaban J connectivity index is 2.39. The van der Waals surface area contributed by atoms with Crippen LogP contribution in [0.15, 0.2) is 5.16 Å². The Bertz CT molecular complexity index is 129. The summed E-state index contributed by atoms with van der Waals surface area (Å²) < 4.78 is 0. The lowest BCUT2D eigenvalue weighted by Gasteiger charge is -2.20. The van der Waals surface area contributed by atoms with E-state index in [0.29, 0.717) is 5.84 Å². The molecule has 0 aromatic carbocycles. The summed E-state index contributed by atoms with van der Waals surface area (Å²) in [5.74, 6) is 0.589. The second-order valence-corrected chi connectivity index (χ2v) is 2.57. The van der Waals surface area contributed by atoms with Crippen molar-refractivity contribution in [2.24, 2.45) is 16.8 Å². The van der Waals surface area contributed by atoms with E-state index in [1.165, 1.54) is 0 Å². The molecule has 1 heterocycles. The maximum absolute atomic E-state index is 8.32. The average molecular weight is 143 g/mol. The Hall–Kier alpha value is -0.770. The number of hydrogen-bond acceptors (Lipinski definition) is 3. The predicted octanol–water partition coefficient (Wildman–Crippen LogP) is -0.268. The van der Waals surface area contributed by atoms with Crippen LogP contribution in [0, 0.1) is 5.92 Å². The van der Waals surface area contributed by atoms with E-state index in [4.69, 9.17) is 10.9 Å². The molecule has 0 aliphatic carbocycles. The molecule has 4 nitrogen and oxygen atoms in total. The lowest BCUT2D eigenvalue weighted by molar-refractivity contribution is 0.310. The van der Waals surface area contributed by atoms with Crippen molar-refractivity contribution in [2.45, 2.75) is 12.8 Å². The largest absolute Gasteiger partial charge is 0.409 e. The summed E-state index contributed by atoms with van der Waals surface area (Å²) in [7, 11) is 0. The number of nitrogens with two attached hydrogens (primary N) is 1. The van der Waals surface area contributed by atoms with Crippen LogP contribution in [0.4, 0.5) is 0 Å². The molecule has 0 bridgehead atoms. The van der Waals surface area contributed by atoms with Crippen molar-refractivity contribution in [1.29, 1.82) is 0 Å². The highest BCUT2D eigenvalue weighted by atomic mass is 16.4. The van der Waals surface area contributed by atoms with Gasteiger partial charge in [-0.3, -0.25) is 0 Å². The topological polar surface area (TPSA) is 70.6 Å². The zero-order valence-electron chi connectivity index (χ0n) is 5.88. The molecule has 1 aliphatic heterocycles. The van der Waals surface area contributed by atoms with E-state index in [9.17, 15) is 0 Å². The fourth-order valence-corrected chi connectivity index (χ4v) is 1.19. The van der Waals surface area contributed by atoms with E-state index in [2.05, 4.69) is 10.5 Å². The summed E-state index contributed by atoms with van der Waals surface area (Å²) in [6.07, 6.45) is 2.14. The molecule has 1 rings (SSSR count). The van der Waals surface area contributed by atoms with Crippen molar-refractivity contribution < 1.29 is 5.21 Å². The van der Waals surface area contributed by atoms with Gasteiger partial charge in [0.1, 0.15) is 5.84 Å². The van der Waals surface area contributed by atoms with E-state index < -0.39 is 0 Å². The minimum Gasteiger partial charge on any atom is -0.409 e. The van der Waals surface area contributed by atoms with Crippen molar-refractivity contribution >= 4 is 5.84 Å². The molecule has 0 unspecified atom stereocenters. The number of amidine groups is 1. The third kappa shape index (κ3) is 1.60. The van der Waals surface area contributed by atoms with Crippen LogP contribution in [0.25, 0.3) is 0 Å². The van der Waals surface area contributed by atoms with Gasteiger partial charge in [0, 0.05) is 12.5 Å². The van der Waals surface area contributed by atoms with Crippen LogP contribution in [0.2, 0.25) is 0 Å². The molecule has 1 atom stereocenters. The van der Waals surface area contributed by atoms with Gasteiger partial charge in [-0.1, -0.05) is 5.16 Å². The molecule has 4 N–H and O–H groups in total. The van der Waals surface area contributed by atoms with E-state index in [-0.39, 0.29) is 5.92 Å². The number of nitrogens with one attached hydrogen (secondary N) is 1. The number of hydrogen-bond donors (Lipinski definition) is 3. The summed E-state index contributed by atoms with van der Waals surface area (Å²) in [6.45, 7) is 1.89. The fourth-order valence-electron chi connectivity index (χ4n) is 1.19. The van der Waals surface area contributed by atoms with Crippen molar-refractivity contribution in [1.82, 2.24) is 5.32 Å². The van der Waals surface area contributed by atoms with Crippen LogP contribution in [-0.2, 0) is 0 Å². The van der Waals surface area contributed by atoms with Gasteiger partial charge in [-0.2, -0.15) is 0 Å². The highest BCUT2D eigenvalue weighted by molar-refractivity contribution is 5.82. The second kappa shape index (κ2) is 3.41. The summed E-state index contributed by atoms with van der Waals surface area (Å²) in [5.41, 5.74) is 5.41. The Morgan fingerprint density at radius 2 is 2.50 bits per heavy atom. The van der Waals surface area contributed by atoms with Crippen LogP contribution < -0.4 is 11.1 Å². The van der Waals surface area contributed by atoms with Gasteiger partial charge in [0.15, 0.2) is 0 Å². The number of piperidine rings is 1. The van der Waals surface area contributed by atoms with E-state index in [0.717, 1.165) is 25.9 Å². The molecular weight excluding hydrogens is 130 g/mol. The first-order chi connectivity index (χ1) is 4.84. The molecular formula is C6H13N3O. The molecule has 0 aromatic heterocycles. The van der Waals surface area contributed by atoms with Crippen molar-refractivity contribution in [3.63, 3.8) is 0 Å². The highest BCUT2D eigenvalue weighted by Gasteiger charge is 2.16. The van der Waals surface area contributed by atoms with Crippen LogP contribution in [-0.4, -0.2) is 24.1 Å². The van der Waals surface area contributed by atoms with Crippen molar-refractivity contribution in [3.8, 4) is 0 Å². The average Bonchev–Trinajstić information content (AvgIpc) is 2.05. The van der Waals surface area contributed by atoms with Gasteiger partial charge < -0.3 is 16.3 Å². The predicted molar refractivity (Wildman–Crippen MR) is 39.0 cm³/mol. The maximum Gasteiger partial charge on any atom is 0.143 e. The molecule has 0 aromatic rings. The van der Waals surface area contributed by atoms with Crippen LogP contribution in [0.3, 0.4) is 0 Å². The standard InChI is InChI=1S/C6H13N3O/c7-6(9-10)5-2-1-3-8-4-5/h5,8,10H,1-4H2,(H2,7,9)/t5-/m1/s1. The molecule has 0 saturated carbocycles. The lowest BCUT2D eigenvalue weighted by atomic mass is 9.99. The molecule has 10 heavy (non-hydrogen) atoms. The molecule has 1 aliphatic rings. The molecule has 0 radical (unpaired) electrons. The molecule has 58 valence electrons. The van der Waals surface area contributed by atoms with E-state index in [1.54, 1.807) is 0 Å². The van der Waals surface area contributed by atoms with Gasteiger partial charge in [0.25, 0.3) is 0 Å². The maximum atomic E-state index is 8.32. The third-order valence-corrected chi connectivity index (χ3v) is 1.83. The summed E-state index contributed by atoms with van der Waals surface area (Å²) in [5, 5.41) is 14.5. The van der Waals surface area contributed by atoms with Crippen LogP contribution in [0.5, 0.6) is 0 Å². The Labute approximate surface area is 60.1 Å². The van der Waals surface area contributed by atoms with Gasteiger partial charge in [-0.25, -0.2) is 0 Å². The Morgan fingerprint density at radius 1 is 1.70 bits per heavy atom. The van der Waals surface area contributed by atoms with E-state index in [1.807, 2.05) is 0 Å². The Morgan fingerprint density at radius 3 is 3.00 bits per heavy atom. The third-order valence-electron chi connectivity index (χ3n) is 1.83. The first kappa shape index (κ1) is 7.34. The summed E-state index contributed by atoms with van der Waals surface area (Å²) >= 11 is 0. The highest BCUT2D eigenvalue weighted by Crippen LogP contribution is 2.08. The second-order valence-electron chi connectivity index (χ2n) is 2.57.